The van der Waals surface area contributed by atoms with Gasteiger partial charge in [-0.3, -0.25) is 9.52 Å². The Hall–Kier alpha value is -1.80. The third-order valence-corrected chi connectivity index (χ3v) is 3.98. The lowest BCUT2D eigenvalue weighted by atomic mass is 10.1. The van der Waals surface area contributed by atoms with E-state index in [2.05, 4.69) is 10.0 Å². The van der Waals surface area contributed by atoms with Crippen LogP contribution in [0.15, 0.2) is 18.2 Å². The van der Waals surface area contributed by atoms with E-state index in [9.17, 15) is 13.2 Å². The molecule has 1 aromatic carbocycles. The topological polar surface area (TPSA) is 111 Å². The molecule has 0 saturated carbocycles. The lowest BCUT2D eigenvalue weighted by Gasteiger charge is -2.18. The molecule has 0 saturated heterocycles. The molecule has 0 heterocycles. The van der Waals surface area contributed by atoms with E-state index in [1.54, 1.807) is 19.9 Å². The van der Waals surface area contributed by atoms with Gasteiger partial charge in [-0.1, -0.05) is 0 Å². The van der Waals surface area contributed by atoms with Crippen LogP contribution in [-0.2, 0) is 14.8 Å². The fourth-order valence-electron chi connectivity index (χ4n) is 1.39. The Kier molecular flexibility index (Phi) is 5.19. The Morgan fingerprint density at radius 3 is 2.48 bits per heavy atom. The molecule has 0 aliphatic rings. The maximum absolute atomic E-state index is 11.8. The van der Waals surface area contributed by atoms with Gasteiger partial charge < -0.3 is 15.8 Å². The second-order valence-electron chi connectivity index (χ2n) is 5.10. The van der Waals surface area contributed by atoms with Gasteiger partial charge in [0, 0.05) is 11.8 Å². The predicted octanol–water partition coefficient (Wildman–Crippen LogP) is 1.13. The molecule has 0 aliphatic heterocycles. The number of nitrogens with two attached hydrogens (primary N) is 1. The number of methoxy groups -OCH3 is 1. The average Bonchev–Trinajstić information content (AvgIpc) is 2.39. The second kappa shape index (κ2) is 6.31. The van der Waals surface area contributed by atoms with Gasteiger partial charge in [0.1, 0.15) is 5.75 Å². The van der Waals surface area contributed by atoms with Gasteiger partial charge in [0.05, 0.1) is 24.1 Å². The third kappa shape index (κ3) is 4.91. The monoisotopic (exact) mass is 315 g/mol. The van der Waals surface area contributed by atoms with Gasteiger partial charge in [-0.25, -0.2) is 8.42 Å². The second-order valence-corrected chi connectivity index (χ2v) is 7.11. The van der Waals surface area contributed by atoms with Crippen LogP contribution in [0.1, 0.15) is 20.8 Å². The molecule has 8 heteroatoms. The molecule has 0 radical (unpaired) electrons. The van der Waals surface area contributed by atoms with Crippen LogP contribution in [0.5, 0.6) is 5.75 Å². The van der Waals surface area contributed by atoms with Crippen LogP contribution in [0.3, 0.4) is 0 Å². The van der Waals surface area contributed by atoms with Crippen LogP contribution in [0.2, 0.25) is 0 Å². The molecule has 0 unspecified atom stereocenters. The first-order valence-electron chi connectivity index (χ1n) is 6.38. The molecule has 1 aromatic rings. The van der Waals surface area contributed by atoms with Gasteiger partial charge in [0.2, 0.25) is 15.9 Å². The van der Waals surface area contributed by atoms with Crippen molar-refractivity contribution < 1.29 is 17.9 Å². The normalized spacial score (nSPS) is 11.9. The zero-order valence-corrected chi connectivity index (χ0v) is 13.4. The first-order chi connectivity index (χ1) is 9.59. The largest absolute Gasteiger partial charge is 0.494 e. The van der Waals surface area contributed by atoms with E-state index in [0.717, 1.165) is 0 Å². The van der Waals surface area contributed by atoms with Crippen LogP contribution in [0, 0.1) is 0 Å². The van der Waals surface area contributed by atoms with Gasteiger partial charge >= 0.3 is 0 Å². The standard InChI is InChI=1S/C13H21N3O4S/c1-5-21(18,19)16-10-7-6-9(8-11(10)20-4)15-12(17)13(2,3)14/h6-8,16H,5,14H2,1-4H3,(H,15,17). The molecule has 1 amide bonds. The van der Waals surface area contributed by atoms with Crippen molar-refractivity contribution in [3.8, 4) is 5.75 Å². The Labute approximate surface area is 124 Å². The minimum absolute atomic E-state index is 0.0456. The molecule has 0 aliphatic carbocycles. The van der Waals surface area contributed by atoms with Crippen molar-refractivity contribution in [3.05, 3.63) is 18.2 Å². The Morgan fingerprint density at radius 1 is 1.38 bits per heavy atom. The maximum atomic E-state index is 11.8. The molecular formula is C13H21N3O4S. The summed E-state index contributed by atoms with van der Waals surface area (Å²) in [6, 6.07) is 4.61. The number of hydrogen-bond donors (Lipinski definition) is 3. The third-order valence-electron chi connectivity index (χ3n) is 2.69. The summed E-state index contributed by atoms with van der Waals surface area (Å²) in [5.74, 6) is -0.0955. The molecule has 118 valence electrons. The van der Waals surface area contributed by atoms with E-state index < -0.39 is 15.6 Å². The summed E-state index contributed by atoms with van der Waals surface area (Å²) < 4.78 is 30.7. The van der Waals surface area contributed by atoms with Crippen LogP contribution in [0.25, 0.3) is 0 Å². The number of rotatable bonds is 6. The summed E-state index contributed by atoms with van der Waals surface area (Å²) in [5, 5.41) is 2.64. The summed E-state index contributed by atoms with van der Waals surface area (Å²) in [5.41, 5.74) is 5.45. The van der Waals surface area contributed by atoms with Crippen molar-refractivity contribution in [2.45, 2.75) is 26.3 Å². The summed E-state index contributed by atoms with van der Waals surface area (Å²) in [6.45, 7) is 4.71. The molecule has 4 N–H and O–H groups in total. The smallest absolute Gasteiger partial charge is 0.243 e. The van der Waals surface area contributed by atoms with Crippen LogP contribution >= 0.6 is 0 Å². The Balaban J connectivity index is 3.02. The molecule has 0 bridgehead atoms. The first-order valence-corrected chi connectivity index (χ1v) is 8.03. The number of carbonyl (C=O) groups is 1. The van der Waals surface area contributed by atoms with E-state index in [1.165, 1.54) is 26.2 Å². The fourth-order valence-corrected chi connectivity index (χ4v) is 2.03. The highest BCUT2D eigenvalue weighted by atomic mass is 32.2. The lowest BCUT2D eigenvalue weighted by molar-refractivity contribution is -0.120. The number of amides is 1. The zero-order chi connectivity index (χ0) is 16.3. The highest BCUT2D eigenvalue weighted by molar-refractivity contribution is 7.92. The molecular weight excluding hydrogens is 294 g/mol. The lowest BCUT2D eigenvalue weighted by Crippen LogP contribution is -2.45. The molecule has 21 heavy (non-hydrogen) atoms. The summed E-state index contributed by atoms with van der Waals surface area (Å²) in [6.07, 6.45) is 0. The first kappa shape index (κ1) is 17.3. The fraction of sp³-hybridized carbons (Fsp3) is 0.462. The molecule has 7 nitrogen and oxygen atoms in total. The quantitative estimate of drug-likeness (QED) is 0.729. The number of carbonyl (C=O) groups excluding carboxylic acids is 1. The van der Waals surface area contributed by atoms with Crippen molar-refractivity contribution in [2.24, 2.45) is 5.73 Å². The summed E-state index contributed by atoms with van der Waals surface area (Å²) in [4.78, 5) is 11.8. The van der Waals surface area contributed by atoms with E-state index in [0.29, 0.717) is 17.1 Å². The SMILES string of the molecule is CCS(=O)(=O)Nc1ccc(NC(=O)C(C)(C)N)cc1OC. The highest BCUT2D eigenvalue weighted by Gasteiger charge is 2.22. The highest BCUT2D eigenvalue weighted by Crippen LogP contribution is 2.29. The number of hydrogen-bond acceptors (Lipinski definition) is 5. The number of benzene rings is 1. The van der Waals surface area contributed by atoms with Crippen molar-refractivity contribution in [3.63, 3.8) is 0 Å². The molecule has 0 spiro atoms. The number of ether oxygens (including phenoxy) is 1. The number of nitrogens with one attached hydrogen (secondary N) is 2. The number of sulfonamides is 1. The Morgan fingerprint density at radius 2 is 2.00 bits per heavy atom. The summed E-state index contributed by atoms with van der Waals surface area (Å²) >= 11 is 0. The van der Waals surface area contributed by atoms with Gasteiger partial charge in [0.25, 0.3) is 0 Å². The van der Waals surface area contributed by atoms with Crippen molar-refractivity contribution >= 4 is 27.3 Å². The van der Waals surface area contributed by atoms with Crippen LogP contribution in [-0.4, -0.2) is 32.7 Å². The van der Waals surface area contributed by atoms with Crippen LogP contribution in [0.4, 0.5) is 11.4 Å². The zero-order valence-electron chi connectivity index (χ0n) is 12.6. The number of anilines is 2. The van der Waals surface area contributed by atoms with Gasteiger partial charge in [-0.2, -0.15) is 0 Å². The van der Waals surface area contributed by atoms with E-state index >= 15 is 0 Å². The van der Waals surface area contributed by atoms with Gasteiger partial charge in [-0.15, -0.1) is 0 Å². The van der Waals surface area contributed by atoms with Crippen molar-refractivity contribution in [1.82, 2.24) is 0 Å². The van der Waals surface area contributed by atoms with Gasteiger partial charge in [0.15, 0.2) is 0 Å². The van der Waals surface area contributed by atoms with E-state index in [-0.39, 0.29) is 11.7 Å². The van der Waals surface area contributed by atoms with E-state index in [1.807, 2.05) is 0 Å². The maximum Gasteiger partial charge on any atom is 0.243 e. The Bertz CT molecular complexity index is 621. The summed E-state index contributed by atoms with van der Waals surface area (Å²) in [7, 11) is -1.99. The molecule has 0 atom stereocenters. The molecule has 0 fully saturated rings. The average molecular weight is 315 g/mol. The molecule has 0 aromatic heterocycles. The van der Waals surface area contributed by atoms with Crippen LogP contribution < -0.4 is 20.5 Å². The minimum Gasteiger partial charge on any atom is -0.494 e. The van der Waals surface area contributed by atoms with Crippen molar-refractivity contribution in [2.75, 3.05) is 22.9 Å². The minimum atomic E-state index is -3.40. The van der Waals surface area contributed by atoms with Crippen molar-refractivity contribution in [1.29, 1.82) is 0 Å². The predicted molar refractivity (Wildman–Crippen MR) is 83.0 cm³/mol. The van der Waals surface area contributed by atoms with E-state index in [4.69, 9.17) is 10.5 Å². The van der Waals surface area contributed by atoms with Gasteiger partial charge in [-0.05, 0) is 32.9 Å². The molecule has 1 rings (SSSR count).